The molecule has 0 fully saturated rings. The molecular weight excluding hydrogens is 352 g/mol. The van der Waals surface area contributed by atoms with Crippen molar-refractivity contribution in [3.05, 3.63) is 52.8 Å². The van der Waals surface area contributed by atoms with Gasteiger partial charge < -0.3 is 14.6 Å². The number of carbonyl (C=O) groups is 1. The maximum absolute atomic E-state index is 12.9. The first-order valence-corrected chi connectivity index (χ1v) is 9.70. The smallest absolute Gasteiger partial charge is 0.322 e. The van der Waals surface area contributed by atoms with Crippen molar-refractivity contribution in [1.82, 2.24) is 14.9 Å². The normalized spacial score (nSPS) is 13.8. The number of anilines is 1. The number of nitrogens with zero attached hydrogens (tertiary/aromatic N) is 3. The van der Waals surface area contributed by atoms with Crippen LogP contribution in [-0.2, 0) is 24.9 Å². The largest absolute Gasteiger partial charge is 0.459 e. The Balaban J connectivity index is 1.56. The summed E-state index contributed by atoms with van der Waals surface area (Å²) < 4.78 is 6.00. The van der Waals surface area contributed by atoms with Gasteiger partial charge in [-0.15, -0.1) is 0 Å². The van der Waals surface area contributed by atoms with E-state index in [-0.39, 0.29) is 11.4 Å². The molecule has 0 saturated heterocycles. The van der Waals surface area contributed by atoms with Crippen molar-refractivity contribution >= 4 is 22.7 Å². The summed E-state index contributed by atoms with van der Waals surface area (Å²) in [5.41, 5.74) is 4.37. The Morgan fingerprint density at radius 3 is 2.79 bits per heavy atom. The molecule has 6 heteroatoms. The van der Waals surface area contributed by atoms with Gasteiger partial charge in [-0.1, -0.05) is 39.8 Å². The van der Waals surface area contributed by atoms with Crippen LogP contribution in [0.3, 0.4) is 0 Å². The van der Waals surface area contributed by atoms with Gasteiger partial charge in [0.1, 0.15) is 11.6 Å². The minimum atomic E-state index is -0.157. The summed E-state index contributed by atoms with van der Waals surface area (Å²) in [7, 11) is 0. The van der Waals surface area contributed by atoms with Crippen molar-refractivity contribution < 1.29 is 9.21 Å². The number of furan rings is 1. The van der Waals surface area contributed by atoms with Crippen molar-refractivity contribution in [2.45, 2.75) is 59.5 Å². The van der Waals surface area contributed by atoms with E-state index in [0.29, 0.717) is 18.8 Å². The third kappa shape index (κ3) is 3.13. The Morgan fingerprint density at radius 2 is 2.07 bits per heavy atom. The van der Waals surface area contributed by atoms with Crippen molar-refractivity contribution in [3.8, 4) is 0 Å². The predicted octanol–water partition coefficient (Wildman–Crippen LogP) is 4.94. The maximum atomic E-state index is 12.9. The highest BCUT2D eigenvalue weighted by atomic mass is 16.3. The molecule has 1 aliphatic rings. The molecule has 4 rings (SSSR count). The Labute approximate surface area is 165 Å². The van der Waals surface area contributed by atoms with Crippen LogP contribution in [0.2, 0.25) is 0 Å². The van der Waals surface area contributed by atoms with Crippen LogP contribution >= 0.6 is 0 Å². The summed E-state index contributed by atoms with van der Waals surface area (Å²) in [6.07, 6.45) is 2.67. The fraction of sp³-hybridized carbons (Fsp3) is 0.409. The summed E-state index contributed by atoms with van der Waals surface area (Å²) in [6.45, 7) is 11.4. The van der Waals surface area contributed by atoms with Gasteiger partial charge in [-0.25, -0.2) is 14.8 Å². The predicted molar refractivity (Wildman–Crippen MR) is 109 cm³/mol. The molecule has 2 amide bonds. The number of para-hydroxylation sites is 1. The molecule has 146 valence electrons. The van der Waals surface area contributed by atoms with Crippen LogP contribution < -0.4 is 5.32 Å². The summed E-state index contributed by atoms with van der Waals surface area (Å²) in [4.78, 5) is 23.8. The van der Waals surface area contributed by atoms with Crippen molar-refractivity contribution in [1.29, 1.82) is 0 Å². The highest BCUT2D eigenvalue weighted by Gasteiger charge is 2.28. The average molecular weight is 378 g/mol. The topological polar surface area (TPSA) is 71.3 Å². The molecule has 3 aromatic rings. The van der Waals surface area contributed by atoms with E-state index in [0.717, 1.165) is 45.8 Å². The number of benzene rings is 1. The second-order valence-electron chi connectivity index (χ2n) is 8.39. The molecule has 0 radical (unpaired) electrons. The zero-order chi connectivity index (χ0) is 20.1. The SMILES string of the molecule is CCc1oc2c(NC(=O)N3Cc4cnc(C(C)(C)C)nc4C3)cccc2c1C. The van der Waals surface area contributed by atoms with Crippen LogP contribution in [0.5, 0.6) is 0 Å². The van der Waals surface area contributed by atoms with Crippen molar-refractivity contribution in [2.24, 2.45) is 0 Å². The van der Waals surface area contributed by atoms with Crippen molar-refractivity contribution in [3.63, 3.8) is 0 Å². The summed E-state index contributed by atoms with van der Waals surface area (Å²) in [5.74, 6) is 1.76. The number of hydrogen-bond acceptors (Lipinski definition) is 4. The van der Waals surface area contributed by atoms with Crippen LogP contribution in [0.4, 0.5) is 10.5 Å². The lowest BCUT2D eigenvalue weighted by Crippen LogP contribution is -2.30. The Morgan fingerprint density at radius 1 is 1.29 bits per heavy atom. The number of amides is 2. The van der Waals surface area contributed by atoms with Gasteiger partial charge in [-0.05, 0) is 18.6 Å². The molecule has 0 spiro atoms. The molecule has 0 bridgehead atoms. The third-order valence-corrected chi connectivity index (χ3v) is 5.24. The molecule has 1 aliphatic heterocycles. The highest BCUT2D eigenvalue weighted by Crippen LogP contribution is 2.32. The second-order valence-corrected chi connectivity index (χ2v) is 8.39. The lowest BCUT2D eigenvalue weighted by Gasteiger charge is -2.17. The number of fused-ring (bicyclic) bond motifs is 2. The zero-order valence-electron chi connectivity index (χ0n) is 17.1. The van der Waals surface area contributed by atoms with Gasteiger partial charge in [0, 0.05) is 29.0 Å². The summed E-state index contributed by atoms with van der Waals surface area (Å²) in [5, 5.41) is 4.06. The number of rotatable bonds is 2. The molecule has 1 aromatic carbocycles. The van der Waals surface area contributed by atoms with Crippen LogP contribution in [0, 0.1) is 6.92 Å². The molecule has 6 nitrogen and oxygen atoms in total. The molecule has 28 heavy (non-hydrogen) atoms. The van der Waals surface area contributed by atoms with E-state index in [1.54, 1.807) is 4.90 Å². The average Bonchev–Trinajstić information content (AvgIpc) is 3.22. The number of aryl methyl sites for hydroxylation is 2. The fourth-order valence-corrected chi connectivity index (χ4v) is 3.58. The zero-order valence-corrected chi connectivity index (χ0v) is 17.1. The summed E-state index contributed by atoms with van der Waals surface area (Å²) in [6, 6.07) is 5.69. The van der Waals surface area contributed by atoms with Crippen LogP contribution in [0.15, 0.2) is 28.8 Å². The van der Waals surface area contributed by atoms with Gasteiger partial charge in [0.05, 0.1) is 24.5 Å². The van der Waals surface area contributed by atoms with E-state index in [4.69, 9.17) is 4.42 Å². The van der Waals surface area contributed by atoms with Gasteiger partial charge >= 0.3 is 6.03 Å². The maximum Gasteiger partial charge on any atom is 0.322 e. The summed E-state index contributed by atoms with van der Waals surface area (Å²) >= 11 is 0. The molecule has 3 heterocycles. The van der Waals surface area contributed by atoms with Gasteiger partial charge in [0.15, 0.2) is 5.58 Å². The van der Waals surface area contributed by atoms with Crippen LogP contribution in [0.1, 0.15) is 56.1 Å². The lowest BCUT2D eigenvalue weighted by molar-refractivity contribution is 0.212. The Bertz CT molecular complexity index is 1060. The monoisotopic (exact) mass is 378 g/mol. The van der Waals surface area contributed by atoms with E-state index in [2.05, 4.69) is 49.9 Å². The first-order valence-electron chi connectivity index (χ1n) is 9.70. The van der Waals surface area contributed by atoms with E-state index in [9.17, 15) is 4.79 Å². The number of carbonyl (C=O) groups excluding carboxylic acids is 1. The van der Waals surface area contributed by atoms with Crippen LogP contribution in [0.25, 0.3) is 11.0 Å². The number of urea groups is 1. The molecule has 1 N–H and O–H groups in total. The number of aromatic nitrogens is 2. The van der Waals surface area contributed by atoms with Crippen LogP contribution in [-0.4, -0.2) is 20.9 Å². The van der Waals surface area contributed by atoms with Gasteiger partial charge in [0.25, 0.3) is 0 Å². The van der Waals surface area contributed by atoms with E-state index in [1.165, 1.54) is 0 Å². The van der Waals surface area contributed by atoms with Crippen molar-refractivity contribution in [2.75, 3.05) is 5.32 Å². The van der Waals surface area contributed by atoms with E-state index >= 15 is 0 Å². The highest BCUT2D eigenvalue weighted by molar-refractivity contribution is 6.00. The molecule has 0 saturated carbocycles. The Kier molecular flexibility index (Phi) is 4.37. The molecule has 0 aliphatic carbocycles. The van der Waals surface area contributed by atoms with E-state index < -0.39 is 0 Å². The Hall–Kier alpha value is -2.89. The minimum Gasteiger partial charge on any atom is -0.459 e. The molecule has 0 atom stereocenters. The fourth-order valence-electron chi connectivity index (χ4n) is 3.58. The lowest BCUT2D eigenvalue weighted by atomic mass is 9.95. The van der Waals surface area contributed by atoms with E-state index in [1.807, 2.05) is 24.4 Å². The second kappa shape index (κ2) is 6.62. The molecule has 2 aromatic heterocycles. The minimum absolute atomic E-state index is 0.117. The molecular formula is C22H26N4O2. The number of hydrogen-bond donors (Lipinski definition) is 1. The van der Waals surface area contributed by atoms with Gasteiger partial charge in [-0.3, -0.25) is 0 Å². The quantitative estimate of drug-likeness (QED) is 0.686. The molecule has 0 unspecified atom stereocenters. The van der Waals surface area contributed by atoms with Gasteiger partial charge in [-0.2, -0.15) is 0 Å². The number of nitrogens with one attached hydrogen (secondary N) is 1. The first kappa shape index (κ1) is 18.5. The van der Waals surface area contributed by atoms with Gasteiger partial charge in [0.2, 0.25) is 0 Å². The third-order valence-electron chi connectivity index (χ3n) is 5.24. The standard InChI is InChI=1S/C22H26N4O2/c1-6-18-13(2)15-8-7-9-16(19(15)28-18)25-21(27)26-11-14-10-23-20(22(3,4)5)24-17(14)12-26/h7-10H,6,11-12H2,1-5H3,(H,25,27). The first-order chi connectivity index (χ1) is 13.3.